The van der Waals surface area contributed by atoms with Gasteiger partial charge in [-0.05, 0) is 60.5 Å². The number of benzene rings is 2. The van der Waals surface area contributed by atoms with Crippen molar-refractivity contribution in [2.24, 2.45) is 0 Å². The SMILES string of the molecule is Oc1ccc(CCNC(=S)NCCc2cccc(Cl)c2)cc1. The minimum absolute atomic E-state index is 0.287. The molecular formula is C17H19ClN2OS. The Balaban J connectivity index is 1.62. The smallest absolute Gasteiger partial charge is 0.166 e. The summed E-state index contributed by atoms with van der Waals surface area (Å²) in [6, 6.07) is 15.0. The molecule has 0 unspecified atom stereocenters. The van der Waals surface area contributed by atoms with Crippen molar-refractivity contribution in [2.75, 3.05) is 13.1 Å². The van der Waals surface area contributed by atoms with Crippen LogP contribution in [-0.4, -0.2) is 23.3 Å². The van der Waals surface area contributed by atoms with Gasteiger partial charge in [-0.25, -0.2) is 0 Å². The summed E-state index contributed by atoms with van der Waals surface area (Å²) in [5, 5.41) is 17.0. The number of thiocarbonyl (C=S) groups is 1. The molecule has 0 saturated carbocycles. The first kappa shape index (κ1) is 16.6. The van der Waals surface area contributed by atoms with Gasteiger partial charge in [0.1, 0.15) is 5.75 Å². The molecule has 22 heavy (non-hydrogen) atoms. The Bertz CT molecular complexity index is 616. The first-order valence-corrected chi connectivity index (χ1v) is 7.96. The lowest BCUT2D eigenvalue weighted by Crippen LogP contribution is -2.37. The molecule has 0 amide bonds. The van der Waals surface area contributed by atoms with Gasteiger partial charge in [0.05, 0.1) is 0 Å². The maximum atomic E-state index is 9.22. The number of phenolic OH excluding ortho intramolecular Hbond substituents is 1. The maximum absolute atomic E-state index is 9.22. The van der Waals surface area contributed by atoms with Crippen LogP contribution in [0.25, 0.3) is 0 Å². The van der Waals surface area contributed by atoms with E-state index >= 15 is 0 Å². The first-order chi connectivity index (χ1) is 10.6. The van der Waals surface area contributed by atoms with Crippen LogP contribution in [0, 0.1) is 0 Å². The van der Waals surface area contributed by atoms with Crippen molar-refractivity contribution in [3.63, 3.8) is 0 Å². The van der Waals surface area contributed by atoms with Crippen molar-refractivity contribution in [3.05, 3.63) is 64.7 Å². The lowest BCUT2D eigenvalue weighted by atomic mass is 10.1. The molecule has 0 heterocycles. The second-order valence-electron chi connectivity index (χ2n) is 4.98. The van der Waals surface area contributed by atoms with Gasteiger partial charge in [0.25, 0.3) is 0 Å². The monoisotopic (exact) mass is 334 g/mol. The number of nitrogens with one attached hydrogen (secondary N) is 2. The molecule has 3 nitrogen and oxygen atoms in total. The van der Waals surface area contributed by atoms with Crippen LogP contribution < -0.4 is 10.6 Å². The average molecular weight is 335 g/mol. The Kier molecular flexibility index (Phi) is 6.49. The molecule has 2 rings (SSSR count). The molecule has 0 saturated heterocycles. The summed E-state index contributed by atoms with van der Waals surface area (Å²) in [7, 11) is 0. The Morgan fingerprint density at radius 3 is 2.23 bits per heavy atom. The highest BCUT2D eigenvalue weighted by molar-refractivity contribution is 7.80. The Morgan fingerprint density at radius 2 is 1.59 bits per heavy atom. The zero-order valence-corrected chi connectivity index (χ0v) is 13.8. The minimum Gasteiger partial charge on any atom is -0.508 e. The highest BCUT2D eigenvalue weighted by Crippen LogP contribution is 2.11. The van der Waals surface area contributed by atoms with Crippen LogP contribution in [0.1, 0.15) is 11.1 Å². The molecule has 0 radical (unpaired) electrons. The molecule has 0 aliphatic rings. The largest absolute Gasteiger partial charge is 0.508 e. The number of aromatic hydroxyl groups is 1. The third-order valence-electron chi connectivity index (χ3n) is 3.22. The third-order valence-corrected chi connectivity index (χ3v) is 3.75. The van der Waals surface area contributed by atoms with Gasteiger partial charge in [0.15, 0.2) is 5.11 Å². The fourth-order valence-corrected chi connectivity index (χ4v) is 2.48. The van der Waals surface area contributed by atoms with Crippen LogP contribution in [0.3, 0.4) is 0 Å². The molecule has 0 fully saturated rings. The summed E-state index contributed by atoms with van der Waals surface area (Å²) in [5.41, 5.74) is 2.35. The van der Waals surface area contributed by atoms with E-state index in [0.717, 1.165) is 36.5 Å². The predicted octanol–water partition coefficient (Wildman–Crippen LogP) is 3.29. The molecule has 116 valence electrons. The fraction of sp³-hybridized carbons (Fsp3) is 0.235. The second-order valence-corrected chi connectivity index (χ2v) is 5.82. The normalized spacial score (nSPS) is 10.2. The Hall–Kier alpha value is -1.78. The van der Waals surface area contributed by atoms with E-state index in [-0.39, 0.29) is 5.75 Å². The first-order valence-electron chi connectivity index (χ1n) is 7.17. The van der Waals surface area contributed by atoms with Crippen LogP contribution in [0.15, 0.2) is 48.5 Å². The molecule has 0 spiro atoms. The molecule has 0 aromatic heterocycles. The number of hydrogen-bond acceptors (Lipinski definition) is 2. The molecule has 2 aromatic carbocycles. The summed E-state index contributed by atoms with van der Waals surface area (Å²) in [4.78, 5) is 0. The molecule has 0 aliphatic heterocycles. The van der Waals surface area contributed by atoms with E-state index in [4.69, 9.17) is 23.8 Å². The van der Waals surface area contributed by atoms with Gasteiger partial charge >= 0.3 is 0 Å². The van der Waals surface area contributed by atoms with Crippen LogP contribution >= 0.6 is 23.8 Å². The summed E-state index contributed by atoms with van der Waals surface area (Å²) in [5.74, 6) is 0.287. The zero-order valence-electron chi connectivity index (χ0n) is 12.2. The quantitative estimate of drug-likeness (QED) is 0.709. The van der Waals surface area contributed by atoms with E-state index in [0.29, 0.717) is 5.11 Å². The predicted molar refractivity (Wildman–Crippen MR) is 95.6 cm³/mol. The summed E-state index contributed by atoms with van der Waals surface area (Å²) in [6.07, 6.45) is 1.73. The highest BCUT2D eigenvalue weighted by atomic mass is 35.5. The summed E-state index contributed by atoms with van der Waals surface area (Å²) < 4.78 is 0. The zero-order chi connectivity index (χ0) is 15.8. The number of halogens is 1. The molecule has 3 N–H and O–H groups in total. The lowest BCUT2D eigenvalue weighted by molar-refractivity contribution is 0.475. The van der Waals surface area contributed by atoms with Gasteiger partial charge in [-0.1, -0.05) is 35.9 Å². The van der Waals surface area contributed by atoms with E-state index in [9.17, 15) is 5.11 Å². The van der Waals surface area contributed by atoms with Crippen molar-refractivity contribution < 1.29 is 5.11 Å². The van der Waals surface area contributed by atoms with Crippen molar-refractivity contribution in [3.8, 4) is 5.75 Å². The van der Waals surface area contributed by atoms with Crippen molar-refractivity contribution in [1.82, 2.24) is 10.6 Å². The van der Waals surface area contributed by atoms with E-state index in [2.05, 4.69) is 16.7 Å². The molecule has 0 atom stereocenters. The standard InChI is InChI=1S/C17H19ClN2OS/c18-15-3-1-2-14(12-15)9-11-20-17(22)19-10-8-13-4-6-16(21)7-5-13/h1-7,12,21H,8-11H2,(H2,19,20,22). The number of hydrogen-bond donors (Lipinski definition) is 3. The van der Waals surface area contributed by atoms with Gasteiger partial charge in [0.2, 0.25) is 0 Å². The van der Waals surface area contributed by atoms with Crippen LogP contribution in [-0.2, 0) is 12.8 Å². The second kappa shape index (κ2) is 8.61. The lowest BCUT2D eigenvalue weighted by Gasteiger charge is -2.10. The van der Waals surface area contributed by atoms with Crippen LogP contribution in [0.4, 0.5) is 0 Å². The highest BCUT2D eigenvalue weighted by Gasteiger charge is 1.98. The van der Waals surface area contributed by atoms with E-state index < -0.39 is 0 Å². The van der Waals surface area contributed by atoms with Gasteiger partial charge < -0.3 is 15.7 Å². The molecule has 5 heteroatoms. The molecule has 2 aromatic rings. The van der Waals surface area contributed by atoms with Crippen molar-refractivity contribution >= 4 is 28.9 Å². The summed E-state index contributed by atoms with van der Waals surface area (Å²) in [6.45, 7) is 1.53. The topological polar surface area (TPSA) is 44.3 Å². The van der Waals surface area contributed by atoms with E-state index in [1.54, 1.807) is 12.1 Å². The minimum atomic E-state index is 0.287. The number of rotatable bonds is 6. The third kappa shape index (κ3) is 5.92. The van der Waals surface area contributed by atoms with E-state index in [1.807, 2.05) is 30.3 Å². The van der Waals surface area contributed by atoms with E-state index in [1.165, 1.54) is 5.56 Å². The van der Waals surface area contributed by atoms with Gasteiger partial charge in [-0.15, -0.1) is 0 Å². The molecule has 0 bridgehead atoms. The fourth-order valence-electron chi connectivity index (χ4n) is 2.06. The maximum Gasteiger partial charge on any atom is 0.166 e. The van der Waals surface area contributed by atoms with Crippen LogP contribution in [0.2, 0.25) is 5.02 Å². The van der Waals surface area contributed by atoms with Gasteiger partial charge in [-0.2, -0.15) is 0 Å². The average Bonchev–Trinajstić information content (AvgIpc) is 2.49. The van der Waals surface area contributed by atoms with Crippen molar-refractivity contribution in [2.45, 2.75) is 12.8 Å². The molecule has 0 aliphatic carbocycles. The Morgan fingerprint density at radius 1 is 0.955 bits per heavy atom. The van der Waals surface area contributed by atoms with Crippen molar-refractivity contribution in [1.29, 1.82) is 0 Å². The summed E-state index contributed by atoms with van der Waals surface area (Å²) >= 11 is 11.2. The Labute approximate surface area is 141 Å². The molecular weight excluding hydrogens is 316 g/mol. The van der Waals surface area contributed by atoms with Gasteiger partial charge in [0, 0.05) is 18.1 Å². The van der Waals surface area contributed by atoms with Crippen LogP contribution in [0.5, 0.6) is 5.75 Å². The number of phenols is 1. The van der Waals surface area contributed by atoms with Gasteiger partial charge in [-0.3, -0.25) is 0 Å².